The molecule has 1 aromatic carbocycles. The molecule has 0 aliphatic carbocycles. The summed E-state index contributed by atoms with van der Waals surface area (Å²) < 4.78 is 1.67. The van der Waals surface area contributed by atoms with E-state index in [1.807, 2.05) is 44.4 Å². The van der Waals surface area contributed by atoms with Crippen molar-refractivity contribution in [1.82, 2.24) is 30.0 Å². The van der Waals surface area contributed by atoms with Crippen LogP contribution >= 0.6 is 11.6 Å². The molecular weight excluding hydrogens is 416 g/mol. The quantitative estimate of drug-likeness (QED) is 0.506. The molecule has 0 saturated carbocycles. The van der Waals surface area contributed by atoms with Gasteiger partial charge in [0.15, 0.2) is 11.6 Å². The van der Waals surface area contributed by atoms with Crippen molar-refractivity contribution in [3.63, 3.8) is 0 Å². The van der Waals surface area contributed by atoms with Gasteiger partial charge >= 0.3 is 6.03 Å². The van der Waals surface area contributed by atoms with Crippen LogP contribution in [0.2, 0.25) is 5.02 Å². The molecule has 4 aromatic rings. The number of amides is 2. The van der Waals surface area contributed by atoms with Gasteiger partial charge < -0.3 is 11.1 Å². The largest absolute Gasteiger partial charge is 0.381 e. The van der Waals surface area contributed by atoms with Gasteiger partial charge in [-0.25, -0.2) is 14.8 Å². The number of nitrogens with one attached hydrogen (secondary N) is 1. The zero-order chi connectivity index (χ0) is 22.1. The molecule has 0 saturated heterocycles. The van der Waals surface area contributed by atoms with Crippen LogP contribution in [-0.2, 0) is 7.05 Å². The second kappa shape index (κ2) is 8.19. The zero-order valence-corrected chi connectivity index (χ0v) is 18.1. The number of carbonyl (C=O) groups excluding carboxylic acids is 1. The van der Waals surface area contributed by atoms with Crippen molar-refractivity contribution in [3.8, 4) is 22.6 Å². The summed E-state index contributed by atoms with van der Waals surface area (Å²) in [6.45, 7) is 2.31. The van der Waals surface area contributed by atoms with Crippen molar-refractivity contribution in [2.75, 3.05) is 24.2 Å². The van der Waals surface area contributed by atoms with E-state index in [2.05, 4.69) is 20.4 Å². The number of nitrogens with two attached hydrogens (primary N) is 1. The maximum atomic E-state index is 12.4. The molecule has 4 rings (SSSR count). The first kappa shape index (κ1) is 20.5. The van der Waals surface area contributed by atoms with Gasteiger partial charge in [-0.05, 0) is 31.2 Å². The van der Waals surface area contributed by atoms with Gasteiger partial charge in [-0.3, -0.25) is 14.6 Å². The minimum Gasteiger partial charge on any atom is -0.381 e. The highest BCUT2D eigenvalue weighted by Gasteiger charge is 2.22. The molecule has 0 atom stereocenters. The molecule has 9 nitrogen and oxygen atoms in total. The Balaban J connectivity index is 1.96. The van der Waals surface area contributed by atoms with E-state index in [0.29, 0.717) is 39.7 Å². The number of pyridine rings is 1. The zero-order valence-electron chi connectivity index (χ0n) is 17.3. The smallest absolute Gasteiger partial charge is 0.322 e. The number of fused-ring (bicyclic) bond motifs is 1. The van der Waals surface area contributed by atoms with Crippen LogP contribution < -0.4 is 16.0 Å². The second-order valence-electron chi connectivity index (χ2n) is 6.93. The second-order valence-corrected chi connectivity index (χ2v) is 7.34. The molecule has 3 aromatic heterocycles. The van der Waals surface area contributed by atoms with Gasteiger partial charge in [0, 0.05) is 44.0 Å². The minimum absolute atomic E-state index is 0.117. The van der Waals surface area contributed by atoms with Crippen LogP contribution in [0.25, 0.3) is 33.5 Å². The van der Waals surface area contributed by atoms with E-state index in [-0.39, 0.29) is 17.7 Å². The van der Waals surface area contributed by atoms with Crippen molar-refractivity contribution in [2.45, 2.75) is 6.92 Å². The summed E-state index contributed by atoms with van der Waals surface area (Å²) in [5.41, 5.74) is 9.20. The lowest BCUT2D eigenvalue weighted by Gasteiger charge is -2.20. The standard InChI is InChI=1S/C21H21ClN8O/c1-4-24-21(31)30(3)20-19(23)26-18(15-7-9-29(2)28-15)17(27-20)13-10-12-6-5-8-25-16(12)14(22)11-13/h5-11H,4H2,1-3H3,(H2,23,26)(H,24,31). The lowest BCUT2D eigenvalue weighted by molar-refractivity contribution is 0.248. The van der Waals surface area contributed by atoms with Crippen LogP contribution in [0.15, 0.2) is 42.7 Å². The number of rotatable bonds is 4. The molecular formula is C21H21ClN8O. The van der Waals surface area contributed by atoms with Crippen molar-refractivity contribution in [3.05, 3.63) is 47.7 Å². The van der Waals surface area contributed by atoms with Crippen LogP contribution in [0.1, 0.15) is 6.92 Å². The highest BCUT2D eigenvalue weighted by Crippen LogP contribution is 2.35. The Morgan fingerprint density at radius 3 is 2.77 bits per heavy atom. The number of anilines is 2. The van der Waals surface area contributed by atoms with Crippen molar-refractivity contribution >= 4 is 40.2 Å². The average molecular weight is 437 g/mol. The number of hydrogen-bond acceptors (Lipinski definition) is 6. The fourth-order valence-corrected chi connectivity index (χ4v) is 3.53. The fraction of sp³-hybridized carbons (Fsp3) is 0.190. The summed E-state index contributed by atoms with van der Waals surface area (Å²) in [7, 11) is 3.41. The Kier molecular flexibility index (Phi) is 5.43. The van der Waals surface area contributed by atoms with Gasteiger partial charge in [0.25, 0.3) is 0 Å². The maximum absolute atomic E-state index is 12.4. The Morgan fingerprint density at radius 2 is 2.06 bits per heavy atom. The van der Waals surface area contributed by atoms with E-state index < -0.39 is 0 Å². The number of carbonyl (C=O) groups is 1. The number of urea groups is 1. The molecule has 31 heavy (non-hydrogen) atoms. The highest BCUT2D eigenvalue weighted by atomic mass is 35.5. The first-order valence-electron chi connectivity index (χ1n) is 9.62. The third-order valence-corrected chi connectivity index (χ3v) is 5.03. The van der Waals surface area contributed by atoms with Crippen molar-refractivity contribution < 1.29 is 4.79 Å². The van der Waals surface area contributed by atoms with Crippen molar-refractivity contribution in [1.29, 1.82) is 0 Å². The van der Waals surface area contributed by atoms with E-state index in [1.54, 1.807) is 24.0 Å². The van der Waals surface area contributed by atoms with E-state index in [0.717, 1.165) is 5.39 Å². The van der Waals surface area contributed by atoms with E-state index >= 15 is 0 Å². The predicted octanol–water partition coefficient (Wildman–Crippen LogP) is 3.49. The lowest BCUT2D eigenvalue weighted by atomic mass is 10.0. The van der Waals surface area contributed by atoms with Gasteiger partial charge in [0.05, 0.1) is 10.5 Å². The molecule has 2 amide bonds. The molecule has 0 radical (unpaired) electrons. The normalized spacial score (nSPS) is 11.0. The van der Waals surface area contributed by atoms with Crippen LogP contribution in [0.4, 0.5) is 16.4 Å². The first-order chi connectivity index (χ1) is 14.9. The van der Waals surface area contributed by atoms with Gasteiger partial charge in [-0.2, -0.15) is 5.10 Å². The topological polar surface area (TPSA) is 115 Å². The number of hydrogen-bond donors (Lipinski definition) is 2. The summed E-state index contributed by atoms with van der Waals surface area (Å²) in [5, 5.41) is 8.52. The van der Waals surface area contributed by atoms with E-state index in [4.69, 9.17) is 22.3 Å². The number of halogens is 1. The number of aromatic nitrogens is 5. The van der Waals surface area contributed by atoms with Crippen molar-refractivity contribution in [2.24, 2.45) is 7.05 Å². The summed E-state index contributed by atoms with van der Waals surface area (Å²) in [6.07, 6.45) is 3.50. The number of nitrogens with zero attached hydrogens (tertiary/aromatic N) is 6. The Morgan fingerprint density at radius 1 is 1.26 bits per heavy atom. The van der Waals surface area contributed by atoms with E-state index in [1.165, 1.54) is 4.90 Å². The number of aryl methyl sites for hydroxylation is 1. The third kappa shape index (κ3) is 3.87. The van der Waals surface area contributed by atoms with Crippen LogP contribution in [0, 0.1) is 0 Å². The van der Waals surface area contributed by atoms with Crippen LogP contribution in [0.5, 0.6) is 0 Å². The molecule has 10 heteroatoms. The predicted molar refractivity (Wildman–Crippen MR) is 122 cm³/mol. The molecule has 0 unspecified atom stereocenters. The minimum atomic E-state index is -0.333. The van der Waals surface area contributed by atoms with Crippen LogP contribution in [0.3, 0.4) is 0 Å². The summed E-state index contributed by atoms with van der Waals surface area (Å²) in [4.78, 5) is 27.3. The monoisotopic (exact) mass is 436 g/mol. The SMILES string of the molecule is CCNC(=O)N(C)c1nc(-c2cc(Cl)c3ncccc3c2)c(-c2ccn(C)n2)nc1N. The van der Waals surface area contributed by atoms with Gasteiger partial charge in [-0.1, -0.05) is 17.7 Å². The maximum Gasteiger partial charge on any atom is 0.322 e. The molecule has 158 valence electrons. The number of benzene rings is 1. The molecule has 0 bridgehead atoms. The molecule has 0 spiro atoms. The van der Waals surface area contributed by atoms with Gasteiger partial charge in [0.1, 0.15) is 17.1 Å². The van der Waals surface area contributed by atoms with Gasteiger partial charge in [0.2, 0.25) is 0 Å². The molecule has 0 fully saturated rings. The third-order valence-electron chi connectivity index (χ3n) is 4.74. The fourth-order valence-electron chi connectivity index (χ4n) is 3.26. The molecule has 3 heterocycles. The van der Waals surface area contributed by atoms with Gasteiger partial charge in [-0.15, -0.1) is 0 Å². The summed E-state index contributed by atoms with van der Waals surface area (Å²) in [5.74, 6) is 0.356. The average Bonchev–Trinajstić information content (AvgIpc) is 3.19. The Bertz CT molecular complexity index is 1290. The highest BCUT2D eigenvalue weighted by molar-refractivity contribution is 6.35. The molecule has 0 aliphatic heterocycles. The Hall–Kier alpha value is -3.72. The first-order valence-corrected chi connectivity index (χ1v) is 10.0. The van der Waals surface area contributed by atoms with E-state index in [9.17, 15) is 4.79 Å². The lowest BCUT2D eigenvalue weighted by Crippen LogP contribution is -2.38. The Labute approximate surface area is 183 Å². The molecule has 0 aliphatic rings. The summed E-state index contributed by atoms with van der Waals surface area (Å²) in [6, 6.07) is 8.96. The van der Waals surface area contributed by atoms with Crippen LogP contribution in [-0.4, -0.2) is 44.4 Å². The number of nitrogen functional groups attached to an aromatic ring is 1. The molecule has 3 N–H and O–H groups in total. The summed E-state index contributed by atoms with van der Waals surface area (Å²) >= 11 is 6.51.